The van der Waals surface area contributed by atoms with Gasteiger partial charge in [0.2, 0.25) is 0 Å². The molecule has 4 nitrogen and oxygen atoms in total. The summed E-state index contributed by atoms with van der Waals surface area (Å²) in [6.45, 7) is 2.26. The number of thioether (sulfide) groups is 1. The van der Waals surface area contributed by atoms with Crippen molar-refractivity contribution in [1.29, 1.82) is 0 Å². The van der Waals surface area contributed by atoms with Crippen LogP contribution in [0.3, 0.4) is 0 Å². The van der Waals surface area contributed by atoms with E-state index in [0.29, 0.717) is 5.92 Å². The molecule has 10 heteroatoms. The van der Waals surface area contributed by atoms with Crippen LogP contribution < -0.4 is 34.5 Å². The van der Waals surface area contributed by atoms with Crippen LogP contribution in [0, 0.1) is 21.9 Å². The fourth-order valence-electron chi connectivity index (χ4n) is 6.04. The number of rotatable bonds is 14. The van der Waals surface area contributed by atoms with Crippen LogP contribution in [0.15, 0.2) is 132 Å². The molecule has 0 saturated heterocycles. The molecule has 0 aliphatic heterocycles. The van der Waals surface area contributed by atoms with Crippen molar-refractivity contribution in [3.05, 3.63) is 145 Å². The third kappa shape index (κ3) is 12.9. The van der Waals surface area contributed by atoms with Gasteiger partial charge in [0.25, 0.3) is 0 Å². The fraction of sp³-hybridized carbons (Fsp3) is 0.282. The smallest absolute Gasteiger partial charge is 0.123 e. The number of alkyl halides is 1. The molecule has 260 valence electrons. The maximum absolute atomic E-state index is 13.7. The average Bonchev–Trinajstić information content (AvgIpc) is 3.07. The zero-order chi connectivity index (χ0) is 35.3. The van der Waals surface area contributed by atoms with Gasteiger partial charge < -0.3 is 0 Å². The molecule has 0 fully saturated rings. The average molecular weight is 746 g/mol. The van der Waals surface area contributed by atoms with Gasteiger partial charge in [0, 0.05) is 4.90 Å². The molecule has 1 aliphatic rings. The Morgan fingerprint density at radius 1 is 0.735 bits per heavy atom. The molecule has 0 aromatic heterocycles. The Bertz CT molecular complexity index is 1570. The number of hydrogen-bond donors (Lipinski definition) is 0. The van der Waals surface area contributed by atoms with E-state index in [1.165, 1.54) is 60.8 Å². The topological polar surface area (TPSA) is 92.2 Å². The molecule has 0 radical (unpaired) electrons. The predicted molar refractivity (Wildman–Crippen MR) is 190 cm³/mol. The third-order valence-electron chi connectivity index (χ3n) is 8.45. The summed E-state index contributed by atoms with van der Waals surface area (Å²) in [5, 5.41) is 3.41. The molecule has 5 rings (SSSR count). The highest BCUT2D eigenvalue weighted by atomic mass is 35.7. The van der Waals surface area contributed by atoms with Crippen molar-refractivity contribution in [3.63, 3.8) is 0 Å². The van der Waals surface area contributed by atoms with E-state index in [1.54, 1.807) is 11.8 Å². The van der Waals surface area contributed by atoms with Crippen molar-refractivity contribution in [3.8, 4) is 0 Å². The molecule has 0 amide bonds. The molecule has 3 unspecified atom stereocenters. The summed E-state index contributed by atoms with van der Waals surface area (Å²) in [6, 6.07) is 33.0. The second-order valence-corrected chi connectivity index (χ2v) is 17.2. The molecule has 3 atom stereocenters. The summed E-state index contributed by atoms with van der Waals surface area (Å²) < 4.78 is 61.5. The quantitative estimate of drug-likeness (QED) is 0.0926. The Labute approximate surface area is 301 Å². The molecule has 0 N–H and O–H groups in total. The minimum atomic E-state index is -4.94. The summed E-state index contributed by atoms with van der Waals surface area (Å²) in [4.78, 5) is 0.713. The molecule has 4 aromatic carbocycles. The third-order valence-corrected chi connectivity index (χ3v) is 13.2. The Hall–Kier alpha value is -2.58. The molecular weight excluding hydrogens is 704 g/mol. The van der Waals surface area contributed by atoms with E-state index < -0.39 is 23.0 Å². The normalized spacial score (nSPS) is 17.9. The summed E-state index contributed by atoms with van der Waals surface area (Å²) in [5.74, 6) is 0.0577. The highest BCUT2D eigenvalue weighted by Crippen LogP contribution is 2.43. The van der Waals surface area contributed by atoms with Crippen LogP contribution in [0.5, 0.6) is 0 Å². The van der Waals surface area contributed by atoms with Gasteiger partial charge in [0.05, 0.1) is 18.0 Å². The zero-order valence-corrected chi connectivity index (χ0v) is 30.6. The highest BCUT2D eigenvalue weighted by molar-refractivity contribution is 8.00. The van der Waals surface area contributed by atoms with Gasteiger partial charge in [0.1, 0.15) is 27.5 Å². The molecule has 0 spiro atoms. The van der Waals surface area contributed by atoms with E-state index in [1.807, 2.05) is 24.3 Å². The van der Waals surface area contributed by atoms with Crippen molar-refractivity contribution >= 4 is 47.2 Å². The second kappa shape index (κ2) is 19.1. The van der Waals surface area contributed by atoms with Crippen LogP contribution in [-0.2, 0) is 0 Å². The van der Waals surface area contributed by atoms with E-state index in [0.717, 1.165) is 34.8 Å². The van der Waals surface area contributed by atoms with E-state index in [2.05, 4.69) is 85.8 Å². The van der Waals surface area contributed by atoms with Crippen LogP contribution in [-0.4, -0.2) is 10.1 Å². The van der Waals surface area contributed by atoms with Crippen LogP contribution in [0.4, 0.5) is 8.78 Å². The lowest BCUT2D eigenvalue weighted by Crippen LogP contribution is -2.68. The molecule has 49 heavy (non-hydrogen) atoms. The first-order chi connectivity index (χ1) is 23.4. The van der Waals surface area contributed by atoms with E-state index in [-0.39, 0.29) is 16.9 Å². The lowest BCUT2D eigenvalue weighted by molar-refractivity contribution is -2.00. The van der Waals surface area contributed by atoms with Gasteiger partial charge in [-0.2, -0.15) is 0 Å². The fourth-order valence-corrected chi connectivity index (χ4v) is 10.1. The number of allylic oxidation sites excluding steroid dienone is 3. The van der Waals surface area contributed by atoms with Crippen LogP contribution >= 0.6 is 31.3 Å². The molecule has 0 saturated carbocycles. The SMILES string of the molecule is CCCCCC(CCCC1(Cl)C=CC=CC1Sc1ccc([PH+](c2ccc(F)cc2)c2ccc(F)cc2)cc1)c1ccccc1.[O-][Cl+3]([O-])([O-])[O-]. The lowest BCUT2D eigenvalue weighted by Gasteiger charge is -2.33. The number of benzene rings is 4. The lowest BCUT2D eigenvalue weighted by atomic mass is 9.86. The summed E-state index contributed by atoms with van der Waals surface area (Å²) >= 11 is 9.20. The molecule has 0 bridgehead atoms. The van der Waals surface area contributed by atoms with Crippen molar-refractivity contribution in [2.45, 2.75) is 72.8 Å². The van der Waals surface area contributed by atoms with Gasteiger partial charge in [-0.1, -0.05) is 87.2 Å². The van der Waals surface area contributed by atoms with Crippen LogP contribution in [0.1, 0.15) is 63.4 Å². The first kappa shape index (κ1) is 39.2. The van der Waals surface area contributed by atoms with E-state index >= 15 is 0 Å². The Morgan fingerprint density at radius 2 is 1.24 bits per heavy atom. The first-order valence-electron chi connectivity index (χ1n) is 16.3. The van der Waals surface area contributed by atoms with Gasteiger partial charge in [-0.3, -0.25) is 0 Å². The molecule has 1 aliphatic carbocycles. The molecule has 0 heterocycles. The predicted octanol–water partition coefficient (Wildman–Crippen LogP) is 5.80. The minimum absolute atomic E-state index is 0.120. The Morgan fingerprint density at radius 3 is 1.78 bits per heavy atom. The van der Waals surface area contributed by atoms with Gasteiger partial charge in [-0.25, -0.2) is 27.4 Å². The highest BCUT2D eigenvalue weighted by Gasteiger charge is 2.35. The van der Waals surface area contributed by atoms with Crippen LogP contribution in [0.25, 0.3) is 0 Å². The van der Waals surface area contributed by atoms with E-state index in [4.69, 9.17) is 30.2 Å². The van der Waals surface area contributed by atoms with Gasteiger partial charge in [-0.05, 0) is 104 Å². The second-order valence-electron chi connectivity index (χ2n) is 12.0. The number of hydrogen-bond acceptors (Lipinski definition) is 5. The largest absolute Gasteiger partial charge is 0.222 e. The van der Waals surface area contributed by atoms with Crippen molar-refractivity contribution in [2.75, 3.05) is 0 Å². The zero-order valence-electron chi connectivity index (χ0n) is 27.3. The van der Waals surface area contributed by atoms with Crippen LogP contribution in [0.2, 0.25) is 0 Å². The maximum Gasteiger partial charge on any atom is 0.123 e. The van der Waals surface area contributed by atoms with Gasteiger partial charge in [-0.15, -0.1) is 33.6 Å². The molecular formula is C39H41Cl2F2O4PS. The van der Waals surface area contributed by atoms with Gasteiger partial charge in [0.15, 0.2) is 0 Å². The number of halogens is 4. The standard InChI is InChI=1S/C39H40ClF2PS.ClHO4/c1-2-3-5-11-31(30-12-6-4-7-13-30)14-10-29-39(40)28-9-8-15-38(39)44-37-26-24-36(25-27-37)43(34-20-16-32(41)17-21-34)35-22-18-33(42)19-23-35;2-1(3,4)5/h4,6-9,12-13,15-28,31,38H,2-3,5,10-11,14,29H2,1H3;(H,2,3,4,5). The first-order valence-corrected chi connectivity index (χ1v) is 20.3. The Balaban J connectivity index is 0.00000101. The van der Waals surface area contributed by atoms with Crippen molar-refractivity contribution in [2.24, 2.45) is 0 Å². The minimum Gasteiger partial charge on any atom is -0.222 e. The van der Waals surface area contributed by atoms with Crippen molar-refractivity contribution < 1.29 is 37.7 Å². The van der Waals surface area contributed by atoms with Gasteiger partial charge >= 0.3 is 0 Å². The number of unbranched alkanes of at least 4 members (excludes halogenated alkanes) is 2. The van der Waals surface area contributed by atoms with Crippen molar-refractivity contribution in [1.82, 2.24) is 0 Å². The van der Waals surface area contributed by atoms with E-state index in [9.17, 15) is 8.78 Å². The summed E-state index contributed by atoms with van der Waals surface area (Å²) in [5.41, 5.74) is 1.44. The summed E-state index contributed by atoms with van der Waals surface area (Å²) in [7, 11) is -6.37. The summed E-state index contributed by atoms with van der Waals surface area (Å²) in [6.07, 6.45) is 16.8. The maximum atomic E-state index is 13.7. The monoisotopic (exact) mass is 744 g/mol. The Kier molecular flexibility index (Phi) is 15.3. The molecule has 4 aromatic rings.